The second-order valence-corrected chi connectivity index (χ2v) is 13.5. The normalized spacial score (nSPS) is 12.8. The smallest absolute Gasteiger partial charge is 0.164 e. The van der Waals surface area contributed by atoms with Crippen LogP contribution < -0.4 is 0 Å². The molecule has 0 spiro atoms. The lowest BCUT2D eigenvalue weighted by Crippen LogP contribution is -2.02. The van der Waals surface area contributed by atoms with Crippen molar-refractivity contribution >= 4 is 60.7 Å². The maximum absolute atomic E-state index is 6.56. The summed E-state index contributed by atoms with van der Waals surface area (Å²) in [6, 6.07) is 48.3. The SMILES string of the molecule is C1=Cc2cc(-c3nc(-c4cccc5oc6ccccc6c45)nc(-c4cc(-c5ccc6ccccc6c5)cc5oc6ccccc6c45)n3)ccc2CC1. The molecule has 1 aliphatic carbocycles. The number of benzene rings is 7. The molecule has 0 amide bonds. The highest BCUT2D eigenvalue weighted by atomic mass is 16.3. The third-order valence-corrected chi connectivity index (χ3v) is 10.4. The van der Waals surface area contributed by atoms with E-state index in [0.29, 0.717) is 17.5 Å². The van der Waals surface area contributed by atoms with Gasteiger partial charge in [0.15, 0.2) is 17.5 Å². The first-order chi connectivity index (χ1) is 25.7. The van der Waals surface area contributed by atoms with E-state index in [1.54, 1.807) is 0 Å². The molecule has 7 aromatic carbocycles. The fourth-order valence-electron chi connectivity index (χ4n) is 7.84. The Balaban J connectivity index is 1.21. The van der Waals surface area contributed by atoms with Crippen LogP contribution in [0, 0.1) is 0 Å². The summed E-state index contributed by atoms with van der Waals surface area (Å²) in [5.74, 6) is 1.78. The van der Waals surface area contributed by atoms with Gasteiger partial charge in [0.1, 0.15) is 22.3 Å². The minimum Gasteiger partial charge on any atom is -0.456 e. The van der Waals surface area contributed by atoms with Gasteiger partial charge in [0, 0.05) is 38.2 Å². The highest BCUT2D eigenvalue weighted by molar-refractivity contribution is 6.14. The quantitative estimate of drug-likeness (QED) is 0.187. The van der Waals surface area contributed by atoms with Crippen LogP contribution in [0.2, 0.25) is 0 Å². The monoisotopic (exact) mass is 667 g/mol. The van der Waals surface area contributed by atoms with Crippen molar-refractivity contribution in [3.8, 4) is 45.3 Å². The van der Waals surface area contributed by atoms with Crippen molar-refractivity contribution in [2.75, 3.05) is 0 Å². The molecule has 0 atom stereocenters. The molecule has 0 saturated heterocycles. The van der Waals surface area contributed by atoms with E-state index < -0.39 is 0 Å². The molecule has 5 nitrogen and oxygen atoms in total. The summed E-state index contributed by atoms with van der Waals surface area (Å²) in [4.78, 5) is 15.8. The molecule has 244 valence electrons. The maximum atomic E-state index is 6.56. The number of fused-ring (bicyclic) bond motifs is 8. The number of hydrogen-bond acceptors (Lipinski definition) is 5. The molecule has 0 N–H and O–H groups in total. The number of aryl methyl sites for hydroxylation is 1. The minimum absolute atomic E-state index is 0.581. The first-order valence-electron chi connectivity index (χ1n) is 17.6. The van der Waals surface area contributed by atoms with Crippen LogP contribution in [0.25, 0.3) is 106 Å². The maximum Gasteiger partial charge on any atom is 0.164 e. The summed E-state index contributed by atoms with van der Waals surface area (Å²) in [7, 11) is 0. The molecule has 52 heavy (non-hydrogen) atoms. The molecule has 0 fully saturated rings. The number of rotatable bonds is 4. The third-order valence-electron chi connectivity index (χ3n) is 10.4. The standard InChI is InChI=1S/C47H29N3O2/c1-3-12-30-24-32(22-20-28(30)10-1)34-26-38(44-36-15-6-8-18-40(36)52-42(44)27-34)47-49-45(33-23-21-29-11-2-4-13-31(29)25-33)48-46(50-47)37-16-9-19-41-43(37)35-14-5-7-17-39(35)51-41/h1,3-10,12-27H,2,11H2. The topological polar surface area (TPSA) is 65.0 Å². The lowest BCUT2D eigenvalue weighted by molar-refractivity contribution is 0.668. The Labute approximate surface area is 298 Å². The lowest BCUT2D eigenvalue weighted by atomic mass is 9.95. The summed E-state index contributed by atoms with van der Waals surface area (Å²) >= 11 is 0. The van der Waals surface area contributed by atoms with Crippen molar-refractivity contribution in [3.63, 3.8) is 0 Å². The molecular formula is C47H29N3O2. The zero-order valence-electron chi connectivity index (χ0n) is 28.0. The number of aromatic nitrogens is 3. The lowest BCUT2D eigenvalue weighted by Gasteiger charge is -2.14. The Bertz CT molecular complexity index is 3090. The molecule has 0 aliphatic heterocycles. The van der Waals surface area contributed by atoms with Crippen molar-refractivity contribution in [2.45, 2.75) is 12.8 Å². The molecule has 0 saturated carbocycles. The number of nitrogens with zero attached hydrogens (tertiary/aromatic N) is 3. The average Bonchev–Trinajstić information content (AvgIpc) is 3.78. The van der Waals surface area contributed by atoms with Gasteiger partial charge in [0.25, 0.3) is 0 Å². The van der Waals surface area contributed by atoms with Gasteiger partial charge < -0.3 is 8.83 Å². The van der Waals surface area contributed by atoms with Gasteiger partial charge in [0.05, 0.1) is 0 Å². The van der Waals surface area contributed by atoms with Crippen LogP contribution in [-0.4, -0.2) is 15.0 Å². The molecule has 10 aromatic rings. The highest BCUT2D eigenvalue weighted by Crippen LogP contribution is 2.42. The van der Waals surface area contributed by atoms with E-state index in [9.17, 15) is 0 Å². The summed E-state index contributed by atoms with van der Waals surface area (Å²) in [5.41, 5.74) is 10.6. The zero-order chi connectivity index (χ0) is 34.2. The van der Waals surface area contributed by atoms with E-state index >= 15 is 0 Å². The Morgan fingerprint density at radius 3 is 1.96 bits per heavy atom. The number of furan rings is 2. The van der Waals surface area contributed by atoms with E-state index in [1.165, 1.54) is 21.9 Å². The number of hydrogen-bond donors (Lipinski definition) is 0. The second-order valence-electron chi connectivity index (χ2n) is 13.5. The molecule has 0 bridgehead atoms. The summed E-state index contributed by atoms with van der Waals surface area (Å²) < 4.78 is 12.9. The van der Waals surface area contributed by atoms with Crippen LogP contribution in [0.5, 0.6) is 0 Å². The summed E-state index contributed by atoms with van der Waals surface area (Å²) in [6.45, 7) is 0. The largest absolute Gasteiger partial charge is 0.456 e. The van der Waals surface area contributed by atoms with E-state index in [2.05, 4.69) is 103 Å². The minimum atomic E-state index is 0.581. The van der Waals surface area contributed by atoms with Gasteiger partial charge in [-0.2, -0.15) is 0 Å². The Morgan fingerprint density at radius 1 is 0.442 bits per heavy atom. The number of para-hydroxylation sites is 2. The first kappa shape index (κ1) is 28.9. The summed E-state index contributed by atoms with van der Waals surface area (Å²) in [5, 5.41) is 6.38. The van der Waals surface area contributed by atoms with E-state index in [1.807, 2.05) is 48.5 Å². The van der Waals surface area contributed by atoms with Crippen molar-refractivity contribution in [1.82, 2.24) is 15.0 Å². The van der Waals surface area contributed by atoms with Crippen LogP contribution in [0.1, 0.15) is 17.5 Å². The number of allylic oxidation sites excluding steroid dienone is 1. The highest BCUT2D eigenvalue weighted by Gasteiger charge is 2.22. The predicted molar refractivity (Wildman–Crippen MR) is 211 cm³/mol. The Morgan fingerprint density at radius 2 is 1.12 bits per heavy atom. The Kier molecular flexibility index (Phi) is 6.31. The van der Waals surface area contributed by atoms with Gasteiger partial charge in [0.2, 0.25) is 0 Å². The third kappa shape index (κ3) is 4.60. The van der Waals surface area contributed by atoms with Crippen molar-refractivity contribution in [1.29, 1.82) is 0 Å². The molecule has 0 unspecified atom stereocenters. The van der Waals surface area contributed by atoms with E-state index in [0.717, 1.165) is 84.5 Å². The molecule has 1 aliphatic rings. The van der Waals surface area contributed by atoms with Gasteiger partial charge in [-0.25, -0.2) is 15.0 Å². The molecule has 11 rings (SSSR count). The zero-order valence-corrected chi connectivity index (χ0v) is 28.0. The van der Waals surface area contributed by atoms with Crippen LogP contribution in [-0.2, 0) is 6.42 Å². The van der Waals surface area contributed by atoms with Crippen LogP contribution in [0.15, 0.2) is 154 Å². The molecule has 0 radical (unpaired) electrons. The van der Waals surface area contributed by atoms with Crippen molar-refractivity contribution in [2.24, 2.45) is 0 Å². The molecule has 3 aromatic heterocycles. The molecular weight excluding hydrogens is 639 g/mol. The first-order valence-corrected chi connectivity index (χ1v) is 17.6. The van der Waals surface area contributed by atoms with Gasteiger partial charge in [-0.1, -0.05) is 109 Å². The second kappa shape index (κ2) is 11.3. The average molecular weight is 668 g/mol. The van der Waals surface area contributed by atoms with Crippen molar-refractivity contribution < 1.29 is 8.83 Å². The van der Waals surface area contributed by atoms with Crippen molar-refractivity contribution in [3.05, 3.63) is 157 Å². The van der Waals surface area contributed by atoms with Gasteiger partial charge in [-0.05, 0) is 88.3 Å². The van der Waals surface area contributed by atoms with Crippen LogP contribution in [0.3, 0.4) is 0 Å². The van der Waals surface area contributed by atoms with E-state index in [-0.39, 0.29) is 0 Å². The molecule has 5 heteroatoms. The summed E-state index contributed by atoms with van der Waals surface area (Å²) in [6.07, 6.45) is 6.53. The predicted octanol–water partition coefficient (Wildman–Crippen LogP) is 12.5. The fraction of sp³-hybridized carbons (Fsp3) is 0.0426. The van der Waals surface area contributed by atoms with Gasteiger partial charge in [-0.15, -0.1) is 0 Å². The fourth-order valence-corrected chi connectivity index (χ4v) is 7.84. The molecule has 3 heterocycles. The van der Waals surface area contributed by atoms with Crippen LogP contribution >= 0.6 is 0 Å². The van der Waals surface area contributed by atoms with Crippen LogP contribution in [0.4, 0.5) is 0 Å². The Hall–Kier alpha value is -6.85. The van der Waals surface area contributed by atoms with E-state index in [4.69, 9.17) is 23.8 Å². The van der Waals surface area contributed by atoms with Gasteiger partial charge >= 0.3 is 0 Å². The van der Waals surface area contributed by atoms with Gasteiger partial charge in [-0.3, -0.25) is 0 Å².